The number of fused-ring (bicyclic) bond motifs is 1. The Labute approximate surface area is 98.8 Å². The molecule has 1 amide bonds. The van der Waals surface area contributed by atoms with Crippen LogP contribution in [0.1, 0.15) is 13.8 Å². The summed E-state index contributed by atoms with van der Waals surface area (Å²) in [5.74, 6) is -1.30. The molecule has 1 aromatic rings. The summed E-state index contributed by atoms with van der Waals surface area (Å²) in [7, 11) is -3.59. The standard InChI is InChI=1S/C11H12FNO3S/c1-11(2)6-17(15,16)9-4-3-7(12)5-8(9)13-10(11)14/h3-5H,6H2,1-2H3,(H,13,14). The van der Waals surface area contributed by atoms with Gasteiger partial charge in [-0.2, -0.15) is 0 Å². The largest absolute Gasteiger partial charge is 0.324 e. The van der Waals surface area contributed by atoms with Crippen molar-refractivity contribution >= 4 is 21.4 Å². The monoisotopic (exact) mass is 257 g/mol. The van der Waals surface area contributed by atoms with Crippen LogP contribution in [-0.2, 0) is 14.6 Å². The molecular weight excluding hydrogens is 245 g/mol. The second-order valence-corrected chi connectivity index (χ2v) is 6.70. The molecule has 1 aromatic carbocycles. The SMILES string of the molecule is CC1(C)CS(=O)(=O)c2ccc(F)cc2NC1=O. The lowest BCUT2D eigenvalue weighted by Crippen LogP contribution is -2.34. The fourth-order valence-corrected chi connectivity index (χ4v) is 3.74. The Hall–Kier alpha value is -1.43. The highest BCUT2D eigenvalue weighted by Crippen LogP contribution is 2.33. The first-order valence-corrected chi connectivity index (χ1v) is 6.71. The van der Waals surface area contributed by atoms with Crippen LogP contribution in [-0.4, -0.2) is 20.1 Å². The van der Waals surface area contributed by atoms with Crippen LogP contribution in [0, 0.1) is 11.2 Å². The summed E-state index contributed by atoms with van der Waals surface area (Å²) in [6.45, 7) is 3.09. The van der Waals surface area contributed by atoms with Crippen molar-refractivity contribution in [1.29, 1.82) is 0 Å². The van der Waals surface area contributed by atoms with E-state index in [1.165, 1.54) is 6.07 Å². The van der Waals surface area contributed by atoms with Gasteiger partial charge in [-0.1, -0.05) is 13.8 Å². The summed E-state index contributed by atoms with van der Waals surface area (Å²) in [4.78, 5) is 11.8. The molecule has 0 saturated carbocycles. The minimum absolute atomic E-state index is 0.0144. The van der Waals surface area contributed by atoms with Gasteiger partial charge in [-0.15, -0.1) is 0 Å². The Kier molecular flexibility index (Phi) is 2.50. The van der Waals surface area contributed by atoms with Gasteiger partial charge in [-0.25, -0.2) is 12.8 Å². The van der Waals surface area contributed by atoms with Gasteiger partial charge in [0.05, 0.1) is 21.8 Å². The fourth-order valence-electron chi connectivity index (χ4n) is 1.78. The molecule has 0 aliphatic carbocycles. The third kappa shape index (κ3) is 2.04. The van der Waals surface area contributed by atoms with E-state index in [1.54, 1.807) is 13.8 Å². The lowest BCUT2D eigenvalue weighted by molar-refractivity contribution is -0.122. The molecule has 1 aliphatic heterocycles. The van der Waals surface area contributed by atoms with E-state index in [4.69, 9.17) is 0 Å². The van der Waals surface area contributed by atoms with Crippen LogP contribution in [0.15, 0.2) is 23.1 Å². The number of anilines is 1. The third-order valence-corrected chi connectivity index (χ3v) is 4.82. The Bertz CT molecular complexity index is 593. The van der Waals surface area contributed by atoms with E-state index in [9.17, 15) is 17.6 Å². The van der Waals surface area contributed by atoms with Crippen molar-refractivity contribution in [3.05, 3.63) is 24.0 Å². The highest BCUT2D eigenvalue weighted by atomic mass is 32.2. The second-order valence-electron chi connectivity index (χ2n) is 4.74. The maximum atomic E-state index is 13.1. The highest BCUT2D eigenvalue weighted by Gasteiger charge is 2.38. The molecule has 1 N–H and O–H groups in total. The molecule has 0 radical (unpaired) electrons. The molecule has 0 spiro atoms. The molecule has 0 unspecified atom stereocenters. The number of amides is 1. The van der Waals surface area contributed by atoms with Crippen LogP contribution in [0.4, 0.5) is 10.1 Å². The number of benzene rings is 1. The topological polar surface area (TPSA) is 63.2 Å². The van der Waals surface area contributed by atoms with Gasteiger partial charge >= 0.3 is 0 Å². The van der Waals surface area contributed by atoms with Crippen LogP contribution in [0.3, 0.4) is 0 Å². The van der Waals surface area contributed by atoms with Gasteiger partial charge < -0.3 is 5.32 Å². The summed E-state index contributed by atoms with van der Waals surface area (Å²) in [6.07, 6.45) is 0. The minimum Gasteiger partial charge on any atom is -0.324 e. The molecule has 0 aromatic heterocycles. The van der Waals surface area contributed by atoms with E-state index < -0.39 is 27.0 Å². The van der Waals surface area contributed by atoms with E-state index in [2.05, 4.69) is 5.32 Å². The summed E-state index contributed by atoms with van der Waals surface area (Å²) < 4.78 is 37.2. The number of hydrogen-bond acceptors (Lipinski definition) is 3. The van der Waals surface area contributed by atoms with E-state index in [0.29, 0.717) is 0 Å². The van der Waals surface area contributed by atoms with Crippen molar-refractivity contribution in [2.45, 2.75) is 18.7 Å². The van der Waals surface area contributed by atoms with Crippen molar-refractivity contribution in [3.63, 3.8) is 0 Å². The fraction of sp³-hybridized carbons (Fsp3) is 0.364. The summed E-state index contributed by atoms with van der Waals surface area (Å²) in [5, 5.41) is 2.45. The van der Waals surface area contributed by atoms with Crippen molar-refractivity contribution < 1.29 is 17.6 Å². The van der Waals surface area contributed by atoms with E-state index >= 15 is 0 Å². The molecule has 4 nitrogen and oxygen atoms in total. The van der Waals surface area contributed by atoms with E-state index in [-0.39, 0.29) is 16.3 Å². The van der Waals surface area contributed by atoms with Crippen LogP contribution >= 0.6 is 0 Å². The van der Waals surface area contributed by atoms with Crippen LogP contribution in [0.25, 0.3) is 0 Å². The third-order valence-electron chi connectivity index (χ3n) is 2.69. The second kappa shape index (κ2) is 3.53. The van der Waals surface area contributed by atoms with E-state index in [1.807, 2.05) is 0 Å². The lowest BCUT2D eigenvalue weighted by atomic mass is 9.95. The Morgan fingerprint density at radius 1 is 1.35 bits per heavy atom. The number of halogens is 1. The quantitative estimate of drug-likeness (QED) is 0.718. The molecule has 0 atom stereocenters. The predicted octanol–water partition coefficient (Wildman–Crippen LogP) is 1.58. The smallest absolute Gasteiger partial charge is 0.231 e. The number of sulfone groups is 1. The molecule has 6 heteroatoms. The maximum absolute atomic E-state index is 13.1. The maximum Gasteiger partial charge on any atom is 0.231 e. The van der Waals surface area contributed by atoms with Crippen LogP contribution in [0.5, 0.6) is 0 Å². The number of carbonyl (C=O) groups is 1. The molecule has 17 heavy (non-hydrogen) atoms. The molecule has 2 rings (SSSR count). The summed E-state index contributed by atoms with van der Waals surface area (Å²) in [5.41, 5.74) is -1.02. The van der Waals surface area contributed by atoms with Crippen molar-refractivity contribution in [2.75, 3.05) is 11.1 Å². The average molecular weight is 257 g/mol. The van der Waals surface area contributed by atoms with Crippen molar-refractivity contribution in [2.24, 2.45) is 5.41 Å². The lowest BCUT2D eigenvalue weighted by Gasteiger charge is -2.18. The Morgan fingerprint density at radius 3 is 2.65 bits per heavy atom. The molecule has 0 bridgehead atoms. The first-order valence-electron chi connectivity index (χ1n) is 5.06. The molecule has 0 fully saturated rings. The zero-order chi connectivity index (χ0) is 12.8. The normalized spacial score (nSPS) is 21.2. The van der Waals surface area contributed by atoms with Gasteiger partial charge in [-0.05, 0) is 18.2 Å². The zero-order valence-electron chi connectivity index (χ0n) is 9.45. The van der Waals surface area contributed by atoms with Gasteiger partial charge in [0.25, 0.3) is 0 Å². The minimum atomic E-state index is -3.59. The highest BCUT2D eigenvalue weighted by molar-refractivity contribution is 7.91. The Morgan fingerprint density at radius 2 is 2.00 bits per heavy atom. The van der Waals surface area contributed by atoms with Crippen molar-refractivity contribution in [3.8, 4) is 0 Å². The first kappa shape index (κ1) is 12.0. The van der Waals surface area contributed by atoms with Crippen molar-refractivity contribution in [1.82, 2.24) is 0 Å². The van der Waals surface area contributed by atoms with Crippen LogP contribution < -0.4 is 5.32 Å². The molecule has 1 aliphatic rings. The molecule has 92 valence electrons. The van der Waals surface area contributed by atoms with Gasteiger partial charge in [0.15, 0.2) is 9.84 Å². The average Bonchev–Trinajstić information content (AvgIpc) is 2.20. The summed E-state index contributed by atoms with van der Waals surface area (Å²) in [6, 6.07) is 3.27. The summed E-state index contributed by atoms with van der Waals surface area (Å²) >= 11 is 0. The first-order chi connectivity index (χ1) is 7.72. The Balaban J connectivity index is 2.68. The zero-order valence-corrected chi connectivity index (χ0v) is 10.3. The molecule has 1 heterocycles. The molecular formula is C11H12FNO3S. The van der Waals surface area contributed by atoms with E-state index in [0.717, 1.165) is 12.1 Å². The van der Waals surface area contributed by atoms with Gasteiger partial charge in [0.2, 0.25) is 5.91 Å². The van der Waals surface area contributed by atoms with Crippen LogP contribution in [0.2, 0.25) is 0 Å². The molecule has 0 saturated heterocycles. The van der Waals surface area contributed by atoms with Gasteiger partial charge in [0.1, 0.15) is 5.82 Å². The number of carbonyl (C=O) groups excluding carboxylic acids is 1. The van der Waals surface area contributed by atoms with Gasteiger partial charge in [0, 0.05) is 0 Å². The number of hydrogen-bond donors (Lipinski definition) is 1. The van der Waals surface area contributed by atoms with Gasteiger partial charge in [-0.3, -0.25) is 4.79 Å². The number of nitrogens with one attached hydrogen (secondary N) is 1. The predicted molar refractivity (Wildman–Crippen MR) is 60.9 cm³/mol. The number of rotatable bonds is 0.